The fourth-order valence-corrected chi connectivity index (χ4v) is 5.51. The molecule has 0 radical (unpaired) electrons. The zero-order valence-corrected chi connectivity index (χ0v) is 22.0. The molecule has 3 heterocycles. The highest BCUT2D eigenvalue weighted by atomic mass is 19.1. The Morgan fingerprint density at radius 2 is 1.74 bits per heavy atom. The van der Waals surface area contributed by atoms with Gasteiger partial charge in [-0.1, -0.05) is 42.5 Å². The molecule has 4 aromatic rings. The summed E-state index contributed by atoms with van der Waals surface area (Å²) in [6.45, 7) is 6.56. The minimum Gasteiger partial charge on any atom is -0.444 e. The monoisotopic (exact) mass is 512 g/mol. The molecule has 0 bridgehead atoms. The van der Waals surface area contributed by atoms with Gasteiger partial charge in [0.1, 0.15) is 17.2 Å². The van der Waals surface area contributed by atoms with Crippen molar-refractivity contribution in [2.75, 3.05) is 13.1 Å². The van der Waals surface area contributed by atoms with E-state index in [1.165, 1.54) is 17.7 Å². The van der Waals surface area contributed by atoms with Gasteiger partial charge in [0, 0.05) is 54.9 Å². The van der Waals surface area contributed by atoms with Gasteiger partial charge >= 0.3 is 6.09 Å². The van der Waals surface area contributed by atoms with Gasteiger partial charge in [0.25, 0.3) is 0 Å². The molecule has 5 rings (SSSR count). The maximum atomic E-state index is 14.1. The number of benzene rings is 2. The number of piperidine rings is 1. The molecule has 0 aliphatic carbocycles. The molecule has 2 aromatic carbocycles. The number of ether oxygens (including phenoxy) is 1. The molecular weight excluding hydrogens is 479 g/mol. The van der Waals surface area contributed by atoms with E-state index in [1.54, 1.807) is 23.5 Å². The molecule has 1 amide bonds. The first-order chi connectivity index (χ1) is 18.2. The van der Waals surface area contributed by atoms with Gasteiger partial charge < -0.3 is 14.2 Å². The number of hydrogen-bond donors (Lipinski definition) is 0. The molecule has 1 aliphatic rings. The van der Waals surface area contributed by atoms with E-state index in [0.29, 0.717) is 19.5 Å². The van der Waals surface area contributed by atoms with E-state index in [-0.39, 0.29) is 17.8 Å². The zero-order chi connectivity index (χ0) is 26.8. The highest BCUT2D eigenvalue weighted by Crippen LogP contribution is 2.48. The summed E-state index contributed by atoms with van der Waals surface area (Å²) < 4.78 is 21.9. The molecule has 0 spiro atoms. The van der Waals surface area contributed by atoms with Gasteiger partial charge in [-0.15, -0.1) is 0 Å². The van der Waals surface area contributed by atoms with Crippen LogP contribution in [-0.2, 0) is 16.6 Å². The van der Waals surface area contributed by atoms with Gasteiger partial charge in [0.05, 0.1) is 0 Å². The second kappa shape index (κ2) is 10.4. The SMILES string of the molecule is CC(C)(C)OC(=O)N1CCC(Cc2ccccc2)(c2ccc(F)cc2)C(c2nccn2-c2ccncc2)C1. The van der Waals surface area contributed by atoms with Crippen molar-refractivity contribution >= 4 is 6.09 Å². The van der Waals surface area contributed by atoms with Gasteiger partial charge in [0.15, 0.2) is 0 Å². The van der Waals surface area contributed by atoms with E-state index in [9.17, 15) is 9.18 Å². The van der Waals surface area contributed by atoms with Crippen molar-refractivity contribution in [3.8, 4) is 5.69 Å². The van der Waals surface area contributed by atoms with Crippen molar-refractivity contribution in [1.29, 1.82) is 0 Å². The summed E-state index contributed by atoms with van der Waals surface area (Å²) in [6.07, 6.45) is 8.29. The Balaban J connectivity index is 1.65. The Morgan fingerprint density at radius 3 is 2.42 bits per heavy atom. The van der Waals surface area contributed by atoms with E-state index in [0.717, 1.165) is 23.5 Å². The van der Waals surface area contributed by atoms with Crippen molar-refractivity contribution in [2.45, 2.75) is 50.5 Å². The smallest absolute Gasteiger partial charge is 0.410 e. The Kier molecular flexibility index (Phi) is 7.02. The molecule has 6 nitrogen and oxygen atoms in total. The lowest BCUT2D eigenvalue weighted by Crippen LogP contribution is -2.53. The summed E-state index contributed by atoms with van der Waals surface area (Å²) in [5.74, 6) is 0.368. The van der Waals surface area contributed by atoms with Crippen molar-refractivity contribution < 1.29 is 13.9 Å². The van der Waals surface area contributed by atoms with Crippen LogP contribution < -0.4 is 0 Å². The summed E-state index contributed by atoms with van der Waals surface area (Å²) in [7, 11) is 0. The van der Waals surface area contributed by atoms with Gasteiger partial charge in [0.2, 0.25) is 0 Å². The van der Waals surface area contributed by atoms with E-state index >= 15 is 0 Å². The van der Waals surface area contributed by atoms with Crippen LogP contribution in [0.2, 0.25) is 0 Å². The van der Waals surface area contributed by atoms with E-state index < -0.39 is 11.0 Å². The van der Waals surface area contributed by atoms with Crippen LogP contribution in [-0.4, -0.2) is 44.2 Å². The fraction of sp³-hybridized carbons (Fsp3) is 0.323. The van der Waals surface area contributed by atoms with Crippen molar-refractivity contribution in [2.24, 2.45) is 0 Å². The number of hydrogen-bond acceptors (Lipinski definition) is 4. The van der Waals surface area contributed by atoms with Crippen LogP contribution in [0, 0.1) is 5.82 Å². The minimum absolute atomic E-state index is 0.197. The van der Waals surface area contributed by atoms with Crippen molar-refractivity contribution in [3.05, 3.63) is 114 Å². The van der Waals surface area contributed by atoms with Gasteiger partial charge in [-0.05, 0) is 69.0 Å². The van der Waals surface area contributed by atoms with Crippen molar-refractivity contribution in [3.63, 3.8) is 0 Å². The molecule has 1 fully saturated rings. The Morgan fingerprint density at radius 1 is 1.03 bits per heavy atom. The van der Waals surface area contributed by atoms with Crippen molar-refractivity contribution in [1.82, 2.24) is 19.4 Å². The maximum absolute atomic E-state index is 14.1. The third-order valence-electron chi connectivity index (χ3n) is 7.25. The molecule has 0 saturated carbocycles. The summed E-state index contributed by atoms with van der Waals surface area (Å²) in [5, 5.41) is 0. The number of aromatic nitrogens is 3. The lowest BCUT2D eigenvalue weighted by molar-refractivity contribution is 0.0121. The minimum atomic E-state index is -0.600. The number of imidazole rings is 1. The largest absolute Gasteiger partial charge is 0.444 e. The quantitative estimate of drug-likeness (QED) is 0.314. The molecule has 2 aromatic heterocycles. The first-order valence-corrected chi connectivity index (χ1v) is 13.0. The number of amides is 1. The zero-order valence-electron chi connectivity index (χ0n) is 22.0. The molecule has 2 atom stereocenters. The van der Waals surface area contributed by atoms with Crippen LogP contribution in [0.25, 0.3) is 5.69 Å². The van der Waals surface area contributed by atoms with Crippen LogP contribution >= 0.6 is 0 Å². The fourth-order valence-electron chi connectivity index (χ4n) is 5.51. The molecule has 38 heavy (non-hydrogen) atoms. The second-order valence-corrected chi connectivity index (χ2v) is 10.9. The maximum Gasteiger partial charge on any atom is 0.410 e. The van der Waals surface area contributed by atoms with Crippen LogP contribution in [0.15, 0.2) is 91.5 Å². The molecule has 1 saturated heterocycles. The van der Waals surface area contributed by atoms with E-state index in [4.69, 9.17) is 9.72 Å². The number of carbonyl (C=O) groups is 1. The number of likely N-dealkylation sites (tertiary alicyclic amines) is 1. The topological polar surface area (TPSA) is 60.2 Å². The molecular formula is C31H33FN4O2. The van der Waals surface area contributed by atoms with Crippen LogP contribution in [0.4, 0.5) is 9.18 Å². The summed E-state index contributed by atoms with van der Waals surface area (Å²) in [5.41, 5.74) is 2.10. The molecule has 7 heteroatoms. The number of pyridine rings is 1. The first kappa shape index (κ1) is 25.6. The van der Waals surface area contributed by atoms with Crippen LogP contribution in [0.1, 0.15) is 50.1 Å². The second-order valence-electron chi connectivity index (χ2n) is 10.9. The molecule has 1 aliphatic heterocycles. The molecule has 196 valence electrons. The average molecular weight is 513 g/mol. The number of halogens is 1. The number of rotatable bonds is 5. The highest BCUT2D eigenvalue weighted by Gasteiger charge is 2.48. The average Bonchev–Trinajstić information content (AvgIpc) is 3.39. The highest BCUT2D eigenvalue weighted by molar-refractivity contribution is 5.68. The lowest BCUT2D eigenvalue weighted by atomic mass is 9.62. The normalized spacial score (nSPS) is 19.8. The molecule has 2 unspecified atom stereocenters. The van der Waals surface area contributed by atoms with Crippen LogP contribution in [0.5, 0.6) is 0 Å². The Bertz CT molecular complexity index is 1370. The summed E-state index contributed by atoms with van der Waals surface area (Å²) in [6, 6.07) is 21.0. The Hall–Kier alpha value is -4.00. The third-order valence-corrected chi connectivity index (χ3v) is 7.25. The van der Waals surface area contributed by atoms with Gasteiger partial charge in [-0.2, -0.15) is 0 Å². The first-order valence-electron chi connectivity index (χ1n) is 13.0. The molecule has 0 N–H and O–H groups in total. The summed E-state index contributed by atoms with van der Waals surface area (Å²) >= 11 is 0. The van der Waals surface area contributed by atoms with Gasteiger partial charge in [-0.25, -0.2) is 14.2 Å². The predicted molar refractivity (Wildman–Crippen MR) is 145 cm³/mol. The third kappa shape index (κ3) is 5.32. The standard InChI is InChI=1S/C31H33FN4O2/c1-30(2,3)38-29(37)35-19-15-31(21-23-7-5-4-6-8-23,24-9-11-25(32)12-10-24)27(22-35)28-34-18-20-36(28)26-13-16-33-17-14-26/h4-14,16-18,20,27H,15,19,21-22H2,1-3H3. The van der Waals surface area contributed by atoms with E-state index in [2.05, 4.69) is 21.7 Å². The number of carbonyl (C=O) groups excluding carboxylic acids is 1. The van der Waals surface area contributed by atoms with Gasteiger partial charge in [-0.3, -0.25) is 4.98 Å². The summed E-state index contributed by atoms with van der Waals surface area (Å²) in [4.78, 5) is 24.1. The number of nitrogens with zero attached hydrogens (tertiary/aromatic N) is 4. The van der Waals surface area contributed by atoms with Crippen LogP contribution in [0.3, 0.4) is 0 Å². The predicted octanol–water partition coefficient (Wildman–Crippen LogP) is 6.31. The Labute approximate surface area is 223 Å². The lowest BCUT2D eigenvalue weighted by Gasteiger charge is -2.48. The van der Waals surface area contributed by atoms with E-state index in [1.807, 2.05) is 69.4 Å².